The Balaban J connectivity index is 2.95. The van der Waals surface area contributed by atoms with Crippen LogP contribution in [0, 0.1) is 0 Å². The molecule has 1 unspecified atom stereocenters. The molecule has 90 valence electrons. The Morgan fingerprint density at radius 1 is 1.35 bits per heavy atom. The van der Waals surface area contributed by atoms with Crippen LogP contribution >= 0.6 is 0 Å². The topological polar surface area (TPSA) is 38.7 Å². The lowest BCUT2D eigenvalue weighted by Crippen LogP contribution is -2.19. The number of nitrogens with zero attached hydrogens (tertiary/aromatic N) is 1. The average Bonchev–Trinajstić information content (AvgIpc) is 2.38. The monoisotopic (exact) mass is 231 g/mol. The third-order valence-corrected chi connectivity index (χ3v) is 2.34. The van der Waals surface area contributed by atoms with E-state index < -0.39 is 6.04 Å². The molecular formula is C14H17NO2. The Kier molecular flexibility index (Phi) is 5.14. The first-order chi connectivity index (χ1) is 8.19. The summed E-state index contributed by atoms with van der Waals surface area (Å²) in [5.74, 6) is -0.349. The highest BCUT2D eigenvalue weighted by Crippen LogP contribution is 2.05. The van der Waals surface area contributed by atoms with Crippen molar-refractivity contribution in [3.63, 3.8) is 0 Å². The molecule has 17 heavy (non-hydrogen) atoms. The summed E-state index contributed by atoms with van der Waals surface area (Å²) in [4.78, 5) is 15.9. The highest BCUT2D eigenvalue weighted by atomic mass is 16.5. The maximum atomic E-state index is 11.5. The third kappa shape index (κ3) is 3.87. The largest absolute Gasteiger partial charge is 0.467 e. The molecule has 0 fully saturated rings. The van der Waals surface area contributed by atoms with Gasteiger partial charge < -0.3 is 4.74 Å². The molecule has 0 aliphatic rings. The fourth-order valence-corrected chi connectivity index (χ4v) is 1.44. The summed E-state index contributed by atoms with van der Waals surface area (Å²) in [5, 5.41) is 0. The van der Waals surface area contributed by atoms with E-state index >= 15 is 0 Å². The van der Waals surface area contributed by atoms with Crippen LogP contribution in [-0.2, 0) is 9.53 Å². The lowest BCUT2D eigenvalue weighted by molar-refractivity contribution is -0.140. The van der Waals surface area contributed by atoms with E-state index in [1.54, 1.807) is 12.2 Å². The number of aliphatic imine (C=N–C) groups is 1. The number of hydrogen-bond donors (Lipinski definition) is 0. The van der Waals surface area contributed by atoms with E-state index in [4.69, 9.17) is 4.74 Å². The molecule has 1 atom stereocenters. The van der Waals surface area contributed by atoms with Gasteiger partial charge in [0.1, 0.15) is 0 Å². The fourth-order valence-electron chi connectivity index (χ4n) is 1.44. The summed E-state index contributed by atoms with van der Waals surface area (Å²) in [6.07, 6.45) is 3.52. The molecule has 0 saturated carbocycles. The van der Waals surface area contributed by atoms with Gasteiger partial charge in [-0.15, -0.1) is 0 Å². The smallest absolute Gasteiger partial charge is 0.334 e. The summed E-state index contributed by atoms with van der Waals surface area (Å²) in [5.41, 5.74) is 1.82. The van der Waals surface area contributed by atoms with Crippen molar-refractivity contribution in [3.8, 4) is 0 Å². The SMILES string of the molecule is C/C=C/C(N=C(C)c1ccccc1)C(=O)OC. The molecule has 1 aromatic carbocycles. The molecule has 0 radical (unpaired) electrons. The summed E-state index contributed by atoms with van der Waals surface area (Å²) in [6, 6.07) is 9.19. The van der Waals surface area contributed by atoms with Crippen molar-refractivity contribution in [2.75, 3.05) is 7.11 Å². The maximum absolute atomic E-state index is 11.5. The van der Waals surface area contributed by atoms with Gasteiger partial charge >= 0.3 is 5.97 Å². The summed E-state index contributed by atoms with van der Waals surface area (Å²) in [6.45, 7) is 3.73. The van der Waals surface area contributed by atoms with Crippen molar-refractivity contribution in [1.29, 1.82) is 0 Å². The van der Waals surface area contributed by atoms with Crippen molar-refractivity contribution in [2.45, 2.75) is 19.9 Å². The van der Waals surface area contributed by atoms with Crippen LogP contribution in [0.15, 0.2) is 47.5 Å². The third-order valence-electron chi connectivity index (χ3n) is 2.34. The summed E-state index contributed by atoms with van der Waals surface area (Å²) >= 11 is 0. The Morgan fingerprint density at radius 2 is 2.00 bits per heavy atom. The van der Waals surface area contributed by atoms with Gasteiger partial charge in [-0.05, 0) is 19.4 Å². The van der Waals surface area contributed by atoms with Gasteiger partial charge in [-0.1, -0.05) is 42.5 Å². The van der Waals surface area contributed by atoms with Gasteiger partial charge in [-0.2, -0.15) is 0 Å². The number of allylic oxidation sites excluding steroid dienone is 1. The van der Waals surface area contributed by atoms with E-state index in [9.17, 15) is 4.79 Å². The zero-order valence-corrected chi connectivity index (χ0v) is 10.4. The standard InChI is InChI=1S/C14H17NO2/c1-4-8-13(14(16)17-3)15-11(2)12-9-6-5-7-10-12/h4-10,13H,1-3H3/b8-4+,15-11?. The molecule has 0 spiro atoms. The number of rotatable bonds is 4. The predicted octanol–water partition coefficient (Wildman–Crippen LogP) is 2.61. The zero-order chi connectivity index (χ0) is 12.7. The molecule has 0 saturated heterocycles. The van der Waals surface area contributed by atoms with Crippen molar-refractivity contribution in [2.24, 2.45) is 4.99 Å². The Morgan fingerprint density at radius 3 is 2.53 bits per heavy atom. The number of carbonyl (C=O) groups excluding carboxylic acids is 1. The minimum absolute atomic E-state index is 0.349. The van der Waals surface area contributed by atoms with Crippen LogP contribution in [-0.4, -0.2) is 24.8 Å². The minimum Gasteiger partial charge on any atom is -0.467 e. The number of benzene rings is 1. The predicted molar refractivity (Wildman–Crippen MR) is 69.3 cm³/mol. The van der Waals surface area contributed by atoms with Crippen LogP contribution in [0.2, 0.25) is 0 Å². The van der Waals surface area contributed by atoms with Gasteiger partial charge in [-0.3, -0.25) is 4.99 Å². The highest BCUT2D eigenvalue weighted by Gasteiger charge is 2.14. The molecule has 3 nitrogen and oxygen atoms in total. The molecule has 0 N–H and O–H groups in total. The minimum atomic E-state index is -0.565. The van der Waals surface area contributed by atoms with Gasteiger partial charge in [-0.25, -0.2) is 4.79 Å². The van der Waals surface area contributed by atoms with E-state index in [-0.39, 0.29) is 5.97 Å². The lowest BCUT2D eigenvalue weighted by Gasteiger charge is -2.07. The van der Waals surface area contributed by atoms with Crippen LogP contribution in [0.4, 0.5) is 0 Å². The van der Waals surface area contributed by atoms with Crippen LogP contribution < -0.4 is 0 Å². The number of esters is 1. The molecule has 0 amide bonds. The molecule has 0 bridgehead atoms. The lowest BCUT2D eigenvalue weighted by atomic mass is 10.1. The fraction of sp³-hybridized carbons (Fsp3) is 0.286. The van der Waals surface area contributed by atoms with Gasteiger partial charge in [0.25, 0.3) is 0 Å². The molecule has 0 aromatic heterocycles. The normalized spacial score (nSPS) is 13.7. The summed E-state index contributed by atoms with van der Waals surface area (Å²) in [7, 11) is 1.37. The van der Waals surface area contributed by atoms with Gasteiger partial charge in [0.05, 0.1) is 7.11 Å². The number of ether oxygens (including phenoxy) is 1. The molecule has 0 aliphatic carbocycles. The van der Waals surface area contributed by atoms with Crippen molar-refractivity contribution >= 4 is 11.7 Å². The second-order valence-corrected chi connectivity index (χ2v) is 3.57. The van der Waals surface area contributed by atoms with Crippen molar-refractivity contribution in [1.82, 2.24) is 0 Å². The van der Waals surface area contributed by atoms with E-state index in [0.29, 0.717) is 0 Å². The van der Waals surface area contributed by atoms with E-state index in [0.717, 1.165) is 11.3 Å². The van der Waals surface area contributed by atoms with Gasteiger partial charge in [0, 0.05) is 5.71 Å². The second kappa shape index (κ2) is 6.63. The molecule has 3 heteroatoms. The highest BCUT2D eigenvalue weighted by molar-refractivity contribution is 6.00. The van der Waals surface area contributed by atoms with Gasteiger partial charge in [0.15, 0.2) is 6.04 Å². The van der Waals surface area contributed by atoms with Crippen LogP contribution in [0.1, 0.15) is 19.4 Å². The van der Waals surface area contributed by atoms with Gasteiger partial charge in [0.2, 0.25) is 0 Å². The second-order valence-electron chi connectivity index (χ2n) is 3.57. The first-order valence-electron chi connectivity index (χ1n) is 5.49. The van der Waals surface area contributed by atoms with Crippen molar-refractivity contribution < 1.29 is 9.53 Å². The molecule has 1 aromatic rings. The van der Waals surface area contributed by atoms with E-state index in [1.807, 2.05) is 44.2 Å². The summed E-state index contributed by atoms with van der Waals surface area (Å²) < 4.78 is 4.70. The quantitative estimate of drug-likeness (QED) is 0.454. The Hall–Kier alpha value is -1.90. The first-order valence-corrected chi connectivity index (χ1v) is 5.49. The zero-order valence-electron chi connectivity index (χ0n) is 10.4. The molecule has 1 rings (SSSR count). The Labute approximate surface area is 102 Å². The number of carbonyl (C=O) groups is 1. The van der Waals surface area contributed by atoms with Crippen LogP contribution in [0.5, 0.6) is 0 Å². The maximum Gasteiger partial charge on any atom is 0.334 e. The number of methoxy groups -OCH3 is 1. The Bertz CT molecular complexity index is 421. The van der Waals surface area contributed by atoms with E-state index in [2.05, 4.69) is 4.99 Å². The molecule has 0 heterocycles. The van der Waals surface area contributed by atoms with E-state index in [1.165, 1.54) is 7.11 Å². The van der Waals surface area contributed by atoms with Crippen LogP contribution in [0.25, 0.3) is 0 Å². The number of hydrogen-bond acceptors (Lipinski definition) is 3. The molecule has 0 aliphatic heterocycles. The van der Waals surface area contributed by atoms with Crippen molar-refractivity contribution in [3.05, 3.63) is 48.0 Å². The average molecular weight is 231 g/mol. The molecular weight excluding hydrogens is 214 g/mol. The van der Waals surface area contributed by atoms with Crippen LogP contribution in [0.3, 0.4) is 0 Å². The first kappa shape index (κ1) is 13.2.